The van der Waals surface area contributed by atoms with E-state index in [1.807, 2.05) is 43.3 Å². The summed E-state index contributed by atoms with van der Waals surface area (Å²) >= 11 is 3.42. The number of rotatable bonds is 5. The van der Waals surface area contributed by atoms with Gasteiger partial charge in [-0.3, -0.25) is 4.79 Å². The molecular formula is C14H18BrN3O2. The van der Waals surface area contributed by atoms with E-state index in [0.717, 1.165) is 22.3 Å². The smallest absolute Gasteiger partial charge is 0.264 e. The van der Waals surface area contributed by atoms with Gasteiger partial charge in [0, 0.05) is 29.5 Å². The van der Waals surface area contributed by atoms with Gasteiger partial charge in [0.2, 0.25) is 6.10 Å². The zero-order valence-corrected chi connectivity index (χ0v) is 13.2. The summed E-state index contributed by atoms with van der Waals surface area (Å²) < 4.78 is 0.983. The highest BCUT2D eigenvalue weighted by atomic mass is 79.9. The van der Waals surface area contributed by atoms with Gasteiger partial charge in [0.1, 0.15) is 0 Å². The van der Waals surface area contributed by atoms with E-state index in [0.29, 0.717) is 13.0 Å². The van der Waals surface area contributed by atoms with Gasteiger partial charge in [0.15, 0.2) is 0 Å². The lowest BCUT2D eigenvalue weighted by Crippen LogP contribution is -2.38. The SMILES string of the molecule is CN(C)CCNC(=O)C1CC(c2cccc(Br)c2)=NO1. The predicted molar refractivity (Wildman–Crippen MR) is 81.7 cm³/mol. The molecule has 1 N–H and O–H groups in total. The van der Waals surface area contributed by atoms with Gasteiger partial charge in [-0.05, 0) is 26.2 Å². The molecule has 6 heteroatoms. The largest absolute Gasteiger partial charge is 0.382 e. The van der Waals surface area contributed by atoms with Crippen molar-refractivity contribution >= 4 is 27.5 Å². The third kappa shape index (κ3) is 4.05. The minimum Gasteiger partial charge on any atom is -0.382 e. The Morgan fingerprint density at radius 2 is 2.35 bits per heavy atom. The predicted octanol–water partition coefficient (Wildman–Crippen LogP) is 1.62. The Morgan fingerprint density at radius 3 is 3.05 bits per heavy atom. The standard InChI is InChI=1S/C14H18BrN3O2/c1-18(2)7-6-16-14(19)13-9-12(17-20-13)10-4-3-5-11(15)8-10/h3-5,8,13H,6-7,9H2,1-2H3,(H,16,19). The van der Waals surface area contributed by atoms with Crippen LogP contribution in [0.25, 0.3) is 0 Å². The average molecular weight is 340 g/mol. The van der Waals surface area contributed by atoms with Crippen LogP contribution in [0.15, 0.2) is 33.9 Å². The number of hydrogen-bond donors (Lipinski definition) is 1. The van der Waals surface area contributed by atoms with Crippen molar-refractivity contribution in [1.82, 2.24) is 10.2 Å². The lowest BCUT2D eigenvalue weighted by Gasteiger charge is -2.12. The Morgan fingerprint density at radius 1 is 1.55 bits per heavy atom. The molecule has 1 aromatic carbocycles. The number of likely N-dealkylation sites (N-methyl/N-ethyl adjacent to an activating group) is 1. The van der Waals surface area contributed by atoms with Gasteiger partial charge in [0.05, 0.1) is 5.71 Å². The average Bonchev–Trinajstić information content (AvgIpc) is 2.87. The van der Waals surface area contributed by atoms with Crippen LogP contribution in [0.4, 0.5) is 0 Å². The van der Waals surface area contributed by atoms with Crippen molar-refractivity contribution in [1.29, 1.82) is 0 Å². The number of carbonyl (C=O) groups excluding carboxylic acids is 1. The van der Waals surface area contributed by atoms with Gasteiger partial charge < -0.3 is 15.1 Å². The molecule has 0 saturated carbocycles. The molecule has 0 aliphatic carbocycles. The van der Waals surface area contributed by atoms with Crippen LogP contribution in [0.1, 0.15) is 12.0 Å². The molecular weight excluding hydrogens is 322 g/mol. The molecule has 0 fully saturated rings. The normalized spacial score (nSPS) is 17.8. The summed E-state index contributed by atoms with van der Waals surface area (Å²) in [6.07, 6.45) is -0.0179. The molecule has 1 unspecified atom stereocenters. The summed E-state index contributed by atoms with van der Waals surface area (Å²) in [7, 11) is 3.93. The molecule has 1 heterocycles. The number of nitrogens with one attached hydrogen (secondary N) is 1. The maximum absolute atomic E-state index is 11.9. The van der Waals surface area contributed by atoms with Crippen LogP contribution in [0.3, 0.4) is 0 Å². The fourth-order valence-corrected chi connectivity index (χ4v) is 2.27. The van der Waals surface area contributed by atoms with E-state index in [1.54, 1.807) is 0 Å². The van der Waals surface area contributed by atoms with Crippen LogP contribution in [0.2, 0.25) is 0 Å². The minimum atomic E-state index is -0.522. The van der Waals surface area contributed by atoms with E-state index in [-0.39, 0.29) is 5.91 Å². The minimum absolute atomic E-state index is 0.111. The molecule has 5 nitrogen and oxygen atoms in total. The monoisotopic (exact) mass is 339 g/mol. The molecule has 0 aromatic heterocycles. The molecule has 108 valence electrons. The molecule has 0 bridgehead atoms. The number of benzene rings is 1. The Hall–Kier alpha value is -1.40. The first-order chi connectivity index (χ1) is 9.56. The van der Waals surface area contributed by atoms with Gasteiger partial charge >= 0.3 is 0 Å². The van der Waals surface area contributed by atoms with Crippen molar-refractivity contribution in [2.24, 2.45) is 5.16 Å². The Balaban J connectivity index is 1.86. The van der Waals surface area contributed by atoms with Crippen LogP contribution in [-0.4, -0.2) is 49.8 Å². The van der Waals surface area contributed by atoms with Crippen molar-refractivity contribution in [2.45, 2.75) is 12.5 Å². The zero-order valence-electron chi connectivity index (χ0n) is 11.6. The van der Waals surface area contributed by atoms with Crippen molar-refractivity contribution in [3.05, 3.63) is 34.3 Å². The Labute approximate surface area is 127 Å². The van der Waals surface area contributed by atoms with Gasteiger partial charge in [-0.25, -0.2) is 0 Å². The second-order valence-electron chi connectivity index (χ2n) is 4.94. The molecule has 20 heavy (non-hydrogen) atoms. The highest BCUT2D eigenvalue weighted by Gasteiger charge is 2.28. The quantitative estimate of drug-likeness (QED) is 0.886. The topological polar surface area (TPSA) is 53.9 Å². The van der Waals surface area contributed by atoms with E-state index >= 15 is 0 Å². The molecule has 1 aliphatic heterocycles. The summed E-state index contributed by atoms with van der Waals surface area (Å²) in [5.41, 5.74) is 1.78. The fourth-order valence-electron chi connectivity index (χ4n) is 1.87. The highest BCUT2D eigenvalue weighted by Crippen LogP contribution is 2.19. The maximum Gasteiger partial charge on any atom is 0.264 e. The molecule has 1 aromatic rings. The maximum atomic E-state index is 11.9. The lowest BCUT2D eigenvalue weighted by atomic mass is 10.0. The molecule has 0 saturated heterocycles. The third-order valence-corrected chi connectivity index (χ3v) is 3.47. The number of hydrogen-bond acceptors (Lipinski definition) is 4. The summed E-state index contributed by atoms with van der Waals surface area (Å²) in [4.78, 5) is 19.2. The van der Waals surface area contributed by atoms with Crippen LogP contribution >= 0.6 is 15.9 Å². The third-order valence-electron chi connectivity index (χ3n) is 2.98. The molecule has 0 radical (unpaired) electrons. The second-order valence-corrected chi connectivity index (χ2v) is 5.86. The van der Waals surface area contributed by atoms with Crippen LogP contribution in [0.5, 0.6) is 0 Å². The van der Waals surface area contributed by atoms with Crippen molar-refractivity contribution in [2.75, 3.05) is 27.2 Å². The Kier molecular flexibility index (Phi) is 5.14. The van der Waals surface area contributed by atoms with E-state index < -0.39 is 6.10 Å². The fraction of sp³-hybridized carbons (Fsp3) is 0.429. The molecule has 1 atom stereocenters. The summed E-state index contributed by atoms with van der Waals surface area (Å²) in [6, 6.07) is 7.81. The highest BCUT2D eigenvalue weighted by molar-refractivity contribution is 9.10. The number of nitrogens with zero attached hydrogens (tertiary/aromatic N) is 2. The van der Waals surface area contributed by atoms with E-state index in [9.17, 15) is 4.79 Å². The molecule has 1 aliphatic rings. The number of amides is 1. The number of halogens is 1. The van der Waals surface area contributed by atoms with Gasteiger partial charge in [0.25, 0.3) is 5.91 Å². The van der Waals surface area contributed by atoms with Gasteiger partial charge in [-0.1, -0.05) is 33.2 Å². The Bertz CT molecular complexity index is 517. The number of oxime groups is 1. The van der Waals surface area contributed by atoms with E-state index in [4.69, 9.17) is 4.84 Å². The lowest BCUT2D eigenvalue weighted by molar-refractivity contribution is -0.131. The van der Waals surface area contributed by atoms with Crippen LogP contribution in [0, 0.1) is 0 Å². The summed E-state index contributed by atoms with van der Waals surface area (Å²) in [5.74, 6) is -0.111. The number of carbonyl (C=O) groups is 1. The van der Waals surface area contributed by atoms with Gasteiger partial charge in [-0.2, -0.15) is 0 Å². The summed E-state index contributed by atoms with van der Waals surface area (Å²) in [6.45, 7) is 1.41. The van der Waals surface area contributed by atoms with Gasteiger partial charge in [-0.15, -0.1) is 0 Å². The van der Waals surface area contributed by atoms with Crippen LogP contribution < -0.4 is 5.32 Å². The molecule has 0 spiro atoms. The summed E-state index contributed by atoms with van der Waals surface area (Å²) in [5, 5.41) is 6.87. The molecule has 1 amide bonds. The van der Waals surface area contributed by atoms with Crippen molar-refractivity contribution in [3.63, 3.8) is 0 Å². The first kappa shape index (κ1) is 15.0. The first-order valence-corrected chi connectivity index (χ1v) is 7.26. The van der Waals surface area contributed by atoms with E-state index in [1.165, 1.54) is 0 Å². The zero-order chi connectivity index (χ0) is 14.5. The molecule has 2 rings (SSSR count). The van der Waals surface area contributed by atoms with Crippen molar-refractivity contribution < 1.29 is 9.63 Å². The first-order valence-electron chi connectivity index (χ1n) is 6.47. The van der Waals surface area contributed by atoms with Crippen molar-refractivity contribution in [3.8, 4) is 0 Å². The van der Waals surface area contributed by atoms with Crippen LogP contribution in [-0.2, 0) is 9.63 Å². The second kappa shape index (κ2) is 6.85. The van der Waals surface area contributed by atoms with E-state index in [2.05, 4.69) is 26.4 Å².